The molecule has 0 aromatic heterocycles. The van der Waals surface area contributed by atoms with E-state index in [0.717, 1.165) is 27.4 Å². The number of hydrogen-bond acceptors (Lipinski definition) is 1. The van der Waals surface area contributed by atoms with Crippen molar-refractivity contribution < 1.29 is 4.79 Å². The van der Waals surface area contributed by atoms with Crippen LogP contribution in [0.4, 0.5) is 10.5 Å². The Hall–Kier alpha value is -2.00. The molecule has 2 amide bonds. The second-order valence-electron chi connectivity index (χ2n) is 5.92. The molecule has 2 rings (SSSR count). The molecule has 0 spiro atoms. The van der Waals surface area contributed by atoms with Gasteiger partial charge in [0.05, 0.1) is 0 Å². The highest BCUT2D eigenvalue weighted by atomic mass is 35.5. The molecule has 2 aromatic rings. The SMILES string of the molecule is Cc1cccc(C(C)C)c1NC(=O)NCCc1ccccc1Cl. The zero-order valence-electron chi connectivity index (χ0n) is 13.8. The van der Waals surface area contributed by atoms with Gasteiger partial charge in [0.1, 0.15) is 0 Å². The van der Waals surface area contributed by atoms with E-state index in [2.05, 4.69) is 30.5 Å². The average molecular weight is 331 g/mol. The predicted octanol–water partition coefficient (Wildman–Crippen LogP) is 5.14. The van der Waals surface area contributed by atoms with Gasteiger partial charge in [0.25, 0.3) is 0 Å². The smallest absolute Gasteiger partial charge is 0.319 e. The number of amides is 2. The molecule has 23 heavy (non-hydrogen) atoms. The van der Waals surface area contributed by atoms with Gasteiger partial charge in [0.2, 0.25) is 0 Å². The molecule has 0 radical (unpaired) electrons. The number of hydrogen-bond donors (Lipinski definition) is 2. The minimum Gasteiger partial charge on any atom is -0.338 e. The monoisotopic (exact) mass is 330 g/mol. The largest absolute Gasteiger partial charge is 0.338 e. The lowest BCUT2D eigenvalue weighted by Crippen LogP contribution is -2.31. The number of nitrogens with one attached hydrogen (secondary N) is 2. The number of halogens is 1. The summed E-state index contributed by atoms with van der Waals surface area (Å²) in [7, 11) is 0. The lowest BCUT2D eigenvalue weighted by Gasteiger charge is -2.17. The van der Waals surface area contributed by atoms with Crippen molar-refractivity contribution in [2.24, 2.45) is 0 Å². The Bertz CT molecular complexity index is 683. The van der Waals surface area contributed by atoms with Crippen molar-refractivity contribution in [3.8, 4) is 0 Å². The zero-order valence-corrected chi connectivity index (χ0v) is 14.6. The summed E-state index contributed by atoms with van der Waals surface area (Å²) in [5, 5.41) is 6.60. The predicted molar refractivity (Wildman–Crippen MR) is 97.4 cm³/mol. The number of benzene rings is 2. The van der Waals surface area contributed by atoms with Crippen LogP contribution in [0.25, 0.3) is 0 Å². The van der Waals surface area contributed by atoms with Gasteiger partial charge in [-0.05, 0) is 42.0 Å². The summed E-state index contributed by atoms with van der Waals surface area (Å²) in [6.45, 7) is 6.79. The van der Waals surface area contributed by atoms with Crippen molar-refractivity contribution in [2.75, 3.05) is 11.9 Å². The van der Waals surface area contributed by atoms with E-state index in [1.54, 1.807) is 0 Å². The lowest BCUT2D eigenvalue weighted by atomic mass is 9.98. The zero-order chi connectivity index (χ0) is 16.8. The van der Waals surface area contributed by atoms with E-state index >= 15 is 0 Å². The van der Waals surface area contributed by atoms with Crippen molar-refractivity contribution in [3.05, 3.63) is 64.2 Å². The number of carbonyl (C=O) groups is 1. The van der Waals surface area contributed by atoms with Gasteiger partial charge < -0.3 is 10.6 Å². The molecule has 0 fully saturated rings. The van der Waals surface area contributed by atoms with Gasteiger partial charge in [0.15, 0.2) is 0 Å². The molecule has 0 aliphatic rings. The normalized spacial score (nSPS) is 10.7. The first-order chi connectivity index (χ1) is 11.0. The summed E-state index contributed by atoms with van der Waals surface area (Å²) in [6, 6.07) is 13.6. The third-order valence-corrected chi connectivity index (χ3v) is 4.17. The highest BCUT2D eigenvalue weighted by Crippen LogP contribution is 2.27. The third kappa shape index (κ3) is 4.73. The van der Waals surface area contributed by atoms with Gasteiger partial charge in [-0.1, -0.05) is 61.8 Å². The maximum absolute atomic E-state index is 12.2. The molecule has 0 heterocycles. The Balaban J connectivity index is 1.94. The van der Waals surface area contributed by atoms with E-state index in [-0.39, 0.29) is 6.03 Å². The number of anilines is 1. The van der Waals surface area contributed by atoms with Crippen LogP contribution < -0.4 is 10.6 Å². The van der Waals surface area contributed by atoms with E-state index in [4.69, 9.17) is 11.6 Å². The first kappa shape index (κ1) is 17.4. The molecule has 0 aliphatic heterocycles. The third-order valence-electron chi connectivity index (χ3n) is 3.80. The second-order valence-corrected chi connectivity index (χ2v) is 6.32. The molecular weight excluding hydrogens is 308 g/mol. The molecule has 122 valence electrons. The van der Waals surface area contributed by atoms with Crippen LogP contribution >= 0.6 is 11.6 Å². The lowest BCUT2D eigenvalue weighted by molar-refractivity contribution is 0.252. The molecule has 2 N–H and O–H groups in total. The van der Waals surface area contributed by atoms with Gasteiger partial charge >= 0.3 is 6.03 Å². The Morgan fingerprint density at radius 3 is 2.57 bits per heavy atom. The van der Waals surface area contributed by atoms with Crippen LogP contribution in [0.15, 0.2) is 42.5 Å². The van der Waals surface area contributed by atoms with Crippen LogP contribution in [0.5, 0.6) is 0 Å². The summed E-state index contributed by atoms with van der Waals surface area (Å²) in [6.07, 6.45) is 0.706. The van der Waals surface area contributed by atoms with Gasteiger partial charge in [-0.25, -0.2) is 4.79 Å². The number of para-hydroxylation sites is 1. The quantitative estimate of drug-likeness (QED) is 0.783. The van der Waals surface area contributed by atoms with Crippen molar-refractivity contribution in [3.63, 3.8) is 0 Å². The number of rotatable bonds is 5. The molecule has 4 heteroatoms. The fourth-order valence-electron chi connectivity index (χ4n) is 2.51. The average Bonchev–Trinajstić information content (AvgIpc) is 2.51. The molecule has 0 bridgehead atoms. The molecular formula is C19H23ClN2O. The van der Waals surface area contributed by atoms with E-state index in [1.807, 2.05) is 43.3 Å². The molecule has 0 saturated carbocycles. The maximum Gasteiger partial charge on any atom is 0.319 e. The standard InChI is InChI=1S/C19H23ClN2O/c1-13(2)16-9-6-7-14(3)18(16)22-19(23)21-12-11-15-8-4-5-10-17(15)20/h4-10,13H,11-12H2,1-3H3,(H2,21,22,23). The molecule has 0 saturated heterocycles. The molecule has 0 unspecified atom stereocenters. The maximum atomic E-state index is 12.2. The Morgan fingerprint density at radius 1 is 1.13 bits per heavy atom. The fourth-order valence-corrected chi connectivity index (χ4v) is 2.74. The molecule has 2 aromatic carbocycles. The summed E-state index contributed by atoms with van der Waals surface area (Å²) in [5.41, 5.74) is 4.15. The van der Waals surface area contributed by atoms with Crippen LogP contribution in [-0.2, 0) is 6.42 Å². The molecule has 0 atom stereocenters. The Kier molecular flexibility index (Phi) is 6.05. The first-order valence-electron chi connectivity index (χ1n) is 7.86. The summed E-state index contributed by atoms with van der Waals surface area (Å²) >= 11 is 6.12. The van der Waals surface area contributed by atoms with Crippen molar-refractivity contribution in [1.82, 2.24) is 5.32 Å². The Labute approximate surface area is 143 Å². The second kappa shape index (κ2) is 8.02. The van der Waals surface area contributed by atoms with Gasteiger partial charge in [-0.3, -0.25) is 0 Å². The van der Waals surface area contributed by atoms with Crippen LogP contribution in [0.1, 0.15) is 36.5 Å². The van der Waals surface area contributed by atoms with Crippen LogP contribution in [-0.4, -0.2) is 12.6 Å². The van der Waals surface area contributed by atoms with E-state index in [0.29, 0.717) is 18.9 Å². The van der Waals surface area contributed by atoms with Crippen molar-refractivity contribution in [2.45, 2.75) is 33.1 Å². The summed E-state index contributed by atoms with van der Waals surface area (Å²) in [5.74, 6) is 0.355. The minimum absolute atomic E-state index is 0.187. The van der Waals surface area contributed by atoms with Crippen LogP contribution in [0.2, 0.25) is 5.02 Å². The van der Waals surface area contributed by atoms with Gasteiger partial charge in [-0.15, -0.1) is 0 Å². The summed E-state index contributed by atoms with van der Waals surface area (Å²) in [4.78, 5) is 12.2. The highest BCUT2D eigenvalue weighted by molar-refractivity contribution is 6.31. The summed E-state index contributed by atoms with van der Waals surface area (Å²) < 4.78 is 0. The number of carbonyl (C=O) groups excluding carboxylic acids is 1. The fraction of sp³-hybridized carbons (Fsp3) is 0.316. The highest BCUT2D eigenvalue weighted by Gasteiger charge is 2.11. The van der Waals surface area contributed by atoms with Crippen molar-refractivity contribution in [1.29, 1.82) is 0 Å². The Morgan fingerprint density at radius 2 is 1.87 bits per heavy atom. The van der Waals surface area contributed by atoms with Gasteiger partial charge in [-0.2, -0.15) is 0 Å². The van der Waals surface area contributed by atoms with E-state index in [1.165, 1.54) is 0 Å². The van der Waals surface area contributed by atoms with E-state index < -0.39 is 0 Å². The number of aryl methyl sites for hydroxylation is 1. The molecule has 3 nitrogen and oxygen atoms in total. The topological polar surface area (TPSA) is 41.1 Å². The van der Waals surface area contributed by atoms with Crippen LogP contribution in [0.3, 0.4) is 0 Å². The number of urea groups is 1. The van der Waals surface area contributed by atoms with Crippen molar-refractivity contribution >= 4 is 23.3 Å². The molecule has 0 aliphatic carbocycles. The van der Waals surface area contributed by atoms with E-state index in [9.17, 15) is 4.79 Å². The van der Waals surface area contributed by atoms with Crippen LogP contribution in [0, 0.1) is 6.92 Å². The first-order valence-corrected chi connectivity index (χ1v) is 8.24. The minimum atomic E-state index is -0.187. The van der Waals surface area contributed by atoms with Gasteiger partial charge in [0, 0.05) is 17.3 Å².